The molecule has 21 heavy (non-hydrogen) atoms. The van der Waals surface area contributed by atoms with Crippen molar-refractivity contribution in [3.8, 4) is 17.6 Å². The van der Waals surface area contributed by atoms with Crippen molar-refractivity contribution in [2.75, 3.05) is 13.2 Å². The minimum Gasteiger partial charge on any atom is -0.490 e. The minimum absolute atomic E-state index is 0.0190. The molecule has 1 aromatic rings. The first-order valence-corrected chi connectivity index (χ1v) is 6.98. The zero-order valence-electron chi connectivity index (χ0n) is 11.8. The van der Waals surface area contributed by atoms with Gasteiger partial charge in [-0.3, -0.25) is 5.32 Å². The lowest BCUT2D eigenvalue weighted by atomic mass is 10.1. The largest absolute Gasteiger partial charge is 0.490 e. The Hall–Kier alpha value is -1.87. The molecule has 0 saturated heterocycles. The van der Waals surface area contributed by atoms with Crippen LogP contribution in [0.15, 0.2) is 18.2 Å². The van der Waals surface area contributed by atoms with Crippen molar-refractivity contribution in [2.45, 2.75) is 32.4 Å². The van der Waals surface area contributed by atoms with Crippen LogP contribution in [0.5, 0.6) is 11.5 Å². The van der Waals surface area contributed by atoms with E-state index in [1.165, 1.54) is 18.9 Å². The maximum Gasteiger partial charge on any atom is 0.387 e. The molecule has 1 saturated carbocycles. The second kappa shape index (κ2) is 7.23. The summed E-state index contributed by atoms with van der Waals surface area (Å²) in [4.78, 5) is 0. The number of rotatable bonds is 8. The summed E-state index contributed by atoms with van der Waals surface area (Å²) in [6, 6.07) is 6.29. The summed E-state index contributed by atoms with van der Waals surface area (Å²) in [5.74, 6) is 0.854. The van der Waals surface area contributed by atoms with Crippen LogP contribution in [0.25, 0.3) is 0 Å². The SMILES string of the molecule is CCOc1cc(C(C#N)NCC2CC2)ccc1OC(F)F. The highest BCUT2D eigenvalue weighted by molar-refractivity contribution is 5.45. The van der Waals surface area contributed by atoms with Gasteiger partial charge in [0.05, 0.1) is 12.7 Å². The third-order valence-corrected chi connectivity index (χ3v) is 3.25. The van der Waals surface area contributed by atoms with E-state index in [4.69, 9.17) is 4.74 Å². The number of nitrogens with one attached hydrogen (secondary N) is 1. The van der Waals surface area contributed by atoms with E-state index < -0.39 is 12.7 Å². The molecule has 0 aromatic heterocycles. The van der Waals surface area contributed by atoms with Crippen molar-refractivity contribution in [2.24, 2.45) is 5.92 Å². The molecule has 1 atom stereocenters. The Balaban J connectivity index is 2.13. The van der Waals surface area contributed by atoms with Gasteiger partial charge >= 0.3 is 6.61 Å². The van der Waals surface area contributed by atoms with Crippen LogP contribution < -0.4 is 14.8 Å². The lowest BCUT2D eigenvalue weighted by Gasteiger charge is -2.16. The summed E-state index contributed by atoms with van der Waals surface area (Å²) in [6.07, 6.45) is 2.38. The smallest absolute Gasteiger partial charge is 0.387 e. The molecule has 0 aliphatic heterocycles. The van der Waals surface area contributed by atoms with Gasteiger partial charge in [0.1, 0.15) is 6.04 Å². The molecule has 1 unspecified atom stereocenters. The second-order valence-electron chi connectivity index (χ2n) is 4.93. The third-order valence-electron chi connectivity index (χ3n) is 3.25. The van der Waals surface area contributed by atoms with Gasteiger partial charge in [-0.2, -0.15) is 14.0 Å². The molecule has 0 heterocycles. The standard InChI is InChI=1S/C15H18F2N2O2/c1-2-20-14-7-11(5-6-13(14)21-15(16)17)12(8-18)19-9-10-3-4-10/h5-7,10,12,15,19H,2-4,9H2,1H3. The van der Waals surface area contributed by atoms with Crippen LogP contribution in [0.2, 0.25) is 0 Å². The van der Waals surface area contributed by atoms with E-state index >= 15 is 0 Å². The van der Waals surface area contributed by atoms with Crippen LogP contribution in [0.1, 0.15) is 31.4 Å². The second-order valence-corrected chi connectivity index (χ2v) is 4.93. The van der Waals surface area contributed by atoms with Crippen molar-refractivity contribution in [1.29, 1.82) is 5.26 Å². The highest BCUT2D eigenvalue weighted by atomic mass is 19.3. The highest BCUT2D eigenvalue weighted by Crippen LogP contribution is 2.33. The Morgan fingerprint density at radius 1 is 1.38 bits per heavy atom. The van der Waals surface area contributed by atoms with E-state index in [-0.39, 0.29) is 11.5 Å². The van der Waals surface area contributed by atoms with Crippen molar-refractivity contribution in [3.05, 3.63) is 23.8 Å². The molecule has 1 N–H and O–H groups in total. The Bertz CT molecular complexity index is 513. The van der Waals surface area contributed by atoms with Crippen molar-refractivity contribution in [3.63, 3.8) is 0 Å². The molecule has 0 radical (unpaired) electrons. The van der Waals surface area contributed by atoms with Crippen molar-refractivity contribution in [1.82, 2.24) is 5.32 Å². The first-order valence-electron chi connectivity index (χ1n) is 6.98. The quantitative estimate of drug-likeness (QED) is 0.800. The zero-order valence-corrected chi connectivity index (χ0v) is 11.8. The average molecular weight is 296 g/mol. The number of halogens is 2. The summed E-state index contributed by atoms with van der Waals surface area (Å²) in [7, 11) is 0. The molecule has 0 spiro atoms. The molecular weight excluding hydrogens is 278 g/mol. The van der Waals surface area contributed by atoms with E-state index in [1.54, 1.807) is 19.1 Å². The van der Waals surface area contributed by atoms with Gasteiger partial charge < -0.3 is 9.47 Å². The summed E-state index contributed by atoms with van der Waals surface area (Å²) >= 11 is 0. The molecular formula is C15H18F2N2O2. The predicted molar refractivity (Wildman–Crippen MR) is 73.3 cm³/mol. The first-order chi connectivity index (χ1) is 10.1. The molecule has 0 bridgehead atoms. The van der Waals surface area contributed by atoms with Gasteiger partial charge in [0.15, 0.2) is 11.5 Å². The summed E-state index contributed by atoms with van der Waals surface area (Å²) < 4.78 is 34.4. The third kappa shape index (κ3) is 4.57. The van der Waals surface area contributed by atoms with E-state index in [0.29, 0.717) is 18.1 Å². The Labute approximate surface area is 122 Å². The average Bonchev–Trinajstić information content (AvgIpc) is 3.26. The van der Waals surface area contributed by atoms with E-state index in [1.807, 2.05) is 0 Å². The topological polar surface area (TPSA) is 54.3 Å². The van der Waals surface area contributed by atoms with E-state index in [9.17, 15) is 14.0 Å². The normalized spacial score (nSPS) is 15.6. The van der Waals surface area contributed by atoms with Crippen LogP contribution in [-0.4, -0.2) is 19.8 Å². The van der Waals surface area contributed by atoms with Crippen LogP contribution in [0.3, 0.4) is 0 Å². The first kappa shape index (κ1) is 15.5. The lowest BCUT2D eigenvalue weighted by molar-refractivity contribution is -0.0514. The molecule has 1 aliphatic rings. The monoisotopic (exact) mass is 296 g/mol. The highest BCUT2D eigenvalue weighted by Gasteiger charge is 2.23. The zero-order chi connectivity index (χ0) is 15.2. The van der Waals surface area contributed by atoms with Crippen molar-refractivity contribution >= 4 is 0 Å². The maximum atomic E-state index is 12.3. The summed E-state index contributed by atoms with van der Waals surface area (Å²) in [5, 5.41) is 12.4. The number of nitrogens with zero attached hydrogens (tertiary/aromatic N) is 1. The number of alkyl halides is 2. The van der Waals surface area contributed by atoms with E-state index in [2.05, 4.69) is 16.1 Å². The van der Waals surface area contributed by atoms with Crippen molar-refractivity contribution < 1.29 is 18.3 Å². The number of ether oxygens (including phenoxy) is 2. The number of benzene rings is 1. The lowest BCUT2D eigenvalue weighted by Crippen LogP contribution is -2.22. The van der Waals surface area contributed by atoms with Gasteiger partial charge in [0.25, 0.3) is 0 Å². The molecule has 1 aromatic carbocycles. The fourth-order valence-electron chi connectivity index (χ4n) is 2.01. The molecule has 1 aliphatic carbocycles. The van der Waals surface area contributed by atoms with Gasteiger partial charge in [-0.25, -0.2) is 0 Å². The molecule has 4 nitrogen and oxygen atoms in total. The summed E-state index contributed by atoms with van der Waals surface area (Å²) in [6.45, 7) is -0.0334. The van der Waals surface area contributed by atoms with Crippen LogP contribution in [-0.2, 0) is 0 Å². The Morgan fingerprint density at radius 2 is 2.14 bits per heavy atom. The van der Waals surface area contributed by atoms with Crippen LogP contribution >= 0.6 is 0 Å². The fourth-order valence-corrected chi connectivity index (χ4v) is 2.01. The Kier molecular flexibility index (Phi) is 5.34. The van der Waals surface area contributed by atoms with Gasteiger partial charge in [-0.1, -0.05) is 6.07 Å². The van der Waals surface area contributed by atoms with E-state index in [0.717, 1.165) is 6.54 Å². The Morgan fingerprint density at radius 3 is 2.71 bits per heavy atom. The molecule has 6 heteroatoms. The maximum absolute atomic E-state index is 12.3. The minimum atomic E-state index is -2.91. The molecule has 114 valence electrons. The van der Waals surface area contributed by atoms with Gasteiger partial charge in [-0.15, -0.1) is 0 Å². The number of nitriles is 1. The van der Waals surface area contributed by atoms with Gasteiger partial charge in [-0.05, 0) is 49.9 Å². The summed E-state index contributed by atoms with van der Waals surface area (Å²) in [5.41, 5.74) is 0.684. The molecule has 2 rings (SSSR count). The van der Waals surface area contributed by atoms with Gasteiger partial charge in [0, 0.05) is 0 Å². The van der Waals surface area contributed by atoms with Crippen LogP contribution in [0, 0.1) is 17.2 Å². The molecule has 0 amide bonds. The molecule has 1 fully saturated rings. The van der Waals surface area contributed by atoms with Crippen LogP contribution in [0.4, 0.5) is 8.78 Å². The fraction of sp³-hybridized carbons (Fsp3) is 0.533. The number of hydrogen-bond acceptors (Lipinski definition) is 4. The number of hydrogen-bond donors (Lipinski definition) is 1. The predicted octanol–water partition coefficient (Wildman–Crippen LogP) is 3.25. The van der Waals surface area contributed by atoms with Gasteiger partial charge in [0.2, 0.25) is 0 Å².